The molecule has 8 nitrogen and oxygen atoms in total. The molecule has 0 saturated carbocycles. The van der Waals surface area contributed by atoms with Crippen LogP contribution in [0.4, 0.5) is 5.82 Å². The maximum absolute atomic E-state index is 12.3. The number of carbonyl (C=O) groups is 1. The van der Waals surface area contributed by atoms with Gasteiger partial charge in [0.2, 0.25) is 0 Å². The van der Waals surface area contributed by atoms with Crippen LogP contribution in [0, 0.1) is 6.92 Å². The molecule has 3 aromatic rings. The molecule has 0 radical (unpaired) electrons. The summed E-state index contributed by atoms with van der Waals surface area (Å²) in [6.45, 7) is 2.15. The van der Waals surface area contributed by atoms with Crippen LogP contribution in [-0.2, 0) is 6.54 Å². The Hall–Kier alpha value is -3.55. The highest BCUT2D eigenvalue weighted by molar-refractivity contribution is 5.94. The molecular weight excluding hydrogens is 344 g/mol. The molecule has 0 bridgehead atoms. The van der Waals surface area contributed by atoms with Crippen LogP contribution in [0.15, 0.2) is 48.8 Å². The number of carbonyl (C=O) groups excluding carboxylic acids is 1. The summed E-state index contributed by atoms with van der Waals surface area (Å²) in [5.41, 5.74) is 1.36. The van der Waals surface area contributed by atoms with Gasteiger partial charge >= 0.3 is 6.01 Å². The fourth-order valence-electron chi connectivity index (χ4n) is 2.30. The third-order valence-electron chi connectivity index (χ3n) is 3.62. The van der Waals surface area contributed by atoms with Crippen LogP contribution in [0.3, 0.4) is 0 Å². The van der Waals surface area contributed by atoms with Gasteiger partial charge in [-0.2, -0.15) is 0 Å². The van der Waals surface area contributed by atoms with E-state index in [1.807, 2.05) is 32.0 Å². The first kappa shape index (κ1) is 18.2. The summed E-state index contributed by atoms with van der Waals surface area (Å²) in [5.74, 6) is 1.70. The molecule has 3 rings (SSSR count). The summed E-state index contributed by atoms with van der Waals surface area (Å²) in [4.78, 5) is 31.0. The van der Waals surface area contributed by atoms with Gasteiger partial charge in [-0.05, 0) is 37.3 Å². The van der Waals surface area contributed by atoms with Gasteiger partial charge < -0.3 is 15.0 Å². The molecule has 0 unspecified atom stereocenters. The van der Waals surface area contributed by atoms with Crippen LogP contribution in [0.25, 0.3) is 0 Å². The van der Waals surface area contributed by atoms with Gasteiger partial charge in [0.15, 0.2) is 0 Å². The third-order valence-corrected chi connectivity index (χ3v) is 3.62. The first-order valence-electron chi connectivity index (χ1n) is 8.36. The molecule has 0 atom stereocenters. The highest BCUT2D eigenvalue weighted by Crippen LogP contribution is 2.17. The van der Waals surface area contributed by atoms with E-state index in [-0.39, 0.29) is 18.5 Å². The van der Waals surface area contributed by atoms with Crippen LogP contribution >= 0.6 is 0 Å². The van der Waals surface area contributed by atoms with Crippen LogP contribution in [0.5, 0.6) is 11.8 Å². The number of amides is 1. The van der Waals surface area contributed by atoms with E-state index in [0.29, 0.717) is 17.1 Å². The second-order valence-electron chi connectivity index (χ2n) is 6.02. The van der Waals surface area contributed by atoms with Gasteiger partial charge in [0, 0.05) is 43.8 Å². The first-order chi connectivity index (χ1) is 13.0. The van der Waals surface area contributed by atoms with Gasteiger partial charge in [-0.3, -0.25) is 4.79 Å². The van der Waals surface area contributed by atoms with Crippen LogP contribution in [0.1, 0.15) is 21.9 Å². The number of hydrogen-bond donors (Lipinski definition) is 1. The average molecular weight is 364 g/mol. The van der Waals surface area contributed by atoms with E-state index in [1.165, 1.54) is 0 Å². The summed E-state index contributed by atoms with van der Waals surface area (Å²) in [5, 5.41) is 2.83. The second kappa shape index (κ2) is 8.22. The topological polar surface area (TPSA) is 93.1 Å². The molecule has 138 valence electrons. The van der Waals surface area contributed by atoms with E-state index in [9.17, 15) is 4.79 Å². The molecule has 0 spiro atoms. The standard InChI is InChI=1S/C19H20N6O2/c1-13-11-17(25(2)3)24-16(23-13)12-22-18(26)14-5-7-15(8-6-14)27-19-20-9-4-10-21-19/h4-11H,12H2,1-3H3,(H,22,26). The number of nitrogens with zero attached hydrogens (tertiary/aromatic N) is 5. The fourth-order valence-corrected chi connectivity index (χ4v) is 2.30. The number of aryl methyl sites for hydroxylation is 1. The number of nitrogens with one attached hydrogen (secondary N) is 1. The molecule has 0 aliphatic heterocycles. The lowest BCUT2D eigenvalue weighted by atomic mass is 10.2. The van der Waals surface area contributed by atoms with Crippen molar-refractivity contribution in [3.63, 3.8) is 0 Å². The molecule has 1 amide bonds. The van der Waals surface area contributed by atoms with Gasteiger partial charge in [0.05, 0.1) is 6.54 Å². The normalized spacial score (nSPS) is 10.3. The monoisotopic (exact) mass is 364 g/mol. The van der Waals surface area contributed by atoms with Crippen molar-refractivity contribution in [1.82, 2.24) is 25.3 Å². The second-order valence-corrected chi connectivity index (χ2v) is 6.02. The minimum Gasteiger partial charge on any atom is -0.424 e. The Morgan fingerprint density at radius 1 is 1.11 bits per heavy atom. The van der Waals surface area contributed by atoms with Gasteiger partial charge in [0.1, 0.15) is 17.4 Å². The van der Waals surface area contributed by atoms with Crippen molar-refractivity contribution >= 4 is 11.7 Å². The number of anilines is 1. The van der Waals surface area contributed by atoms with Crippen molar-refractivity contribution in [1.29, 1.82) is 0 Å². The predicted molar refractivity (Wildman–Crippen MR) is 101 cm³/mol. The molecule has 0 saturated heterocycles. The van der Waals surface area contributed by atoms with E-state index in [1.54, 1.807) is 42.7 Å². The molecule has 0 aliphatic carbocycles. The van der Waals surface area contributed by atoms with E-state index in [0.717, 1.165) is 11.5 Å². The Kier molecular flexibility index (Phi) is 5.55. The largest absolute Gasteiger partial charge is 0.424 e. The van der Waals surface area contributed by atoms with Crippen LogP contribution in [0.2, 0.25) is 0 Å². The fraction of sp³-hybridized carbons (Fsp3) is 0.211. The van der Waals surface area contributed by atoms with Crippen LogP contribution in [-0.4, -0.2) is 39.9 Å². The molecule has 1 N–H and O–H groups in total. The lowest BCUT2D eigenvalue weighted by Gasteiger charge is -2.13. The number of aromatic nitrogens is 4. The first-order valence-corrected chi connectivity index (χ1v) is 8.36. The quantitative estimate of drug-likeness (QED) is 0.717. The minimum absolute atomic E-state index is 0.214. The maximum atomic E-state index is 12.3. The Bertz CT molecular complexity index is 913. The molecule has 2 aromatic heterocycles. The maximum Gasteiger partial charge on any atom is 0.321 e. The molecule has 2 heterocycles. The minimum atomic E-state index is -0.214. The number of hydrogen-bond acceptors (Lipinski definition) is 7. The van der Waals surface area contributed by atoms with E-state index < -0.39 is 0 Å². The molecule has 8 heteroatoms. The van der Waals surface area contributed by atoms with E-state index >= 15 is 0 Å². The highest BCUT2D eigenvalue weighted by atomic mass is 16.5. The highest BCUT2D eigenvalue weighted by Gasteiger charge is 2.09. The lowest BCUT2D eigenvalue weighted by Crippen LogP contribution is -2.24. The summed E-state index contributed by atoms with van der Waals surface area (Å²) in [7, 11) is 3.82. The van der Waals surface area contributed by atoms with Crippen LogP contribution < -0.4 is 15.0 Å². The Morgan fingerprint density at radius 2 is 1.81 bits per heavy atom. The molecule has 1 aromatic carbocycles. The third kappa shape index (κ3) is 4.97. The van der Waals surface area contributed by atoms with Gasteiger partial charge in [-0.15, -0.1) is 0 Å². The predicted octanol–water partition coefficient (Wildman–Crippen LogP) is 2.36. The summed E-state index contributed by atoms with van der Waals surface area (Å²) in [6, 6.07) is 10.6. The molecule has 0 aliphatic rings. The average Bonchev–Trinajstić information content (AvgIpc) is 2.67. The number of benzene rings is 1. The van der Waals surface area contributed by atoms with E-state index in [2.05, 4.69) is 25.3 Å². The summed E-state index contributed by atoms with van der Waals surface area (Å²) >= 11 is 0. The van der Waals surface area contributed by atoms with Gasteiger partial charge in [0.25, 0.3) is 5.91 Å². The SMILES string of the molecule is Cc1cc(N(C)C)nc(CNC(=O)c2ccc(Oc3ncccn3)cc2)n1. The lowest BCUT2D eigenvalue weighted by molar-refractivity contribution is 0.0950. The van der Waals surface area contributed by atoms with Gasteiger partial charge in [-0.1, -0.05) is 0 Å². The van der Waals surface area contributed by atoms with Gasteiger partial charge in [-0.25, -0.2) is 19.9 Å². The molecule has 27 heavy (non-hydrogen) atoms. The van der Waals surface area contributed by atoms with Crippen molar-refractivity contribution in [2.75, 3.05) is 19.0 Å². The zero-order chi connectivity index (χ0) is 19.2. The van der Waals surface area contributed by atoms with E-state index in [4.69, 9.17) is 4.74 Å². The Labute approximate surface area is 157 Å². The number of rotatable bonds is 6. The van der Waals surface area contributed by atoms with Crippen molar-refractivity contribution < 1.29 is 9.53 Å². The smallest absolute Gasteiger partial charge is 0.321 e. The Morgan fingerprint density at radius 3 is 2.48 bits per heavy atom. The summed E-state index contributed by atoms with van der Waals surface area (Å²) in [6.07, 6.45) is 3.19. The van der Waals surface area contributed by atoms with Crippen molar-refractivity contribution in [2.45, 2.75) is 13.5 Å². The van der Waals surface area contributed by atoms with Crippen molar-refractivity contribution in [2.24, 2.45) is 0 Å². The zero-order valence-electron chi connectivity index (χ0n) is 15.4. The number of ether oxygens (including phenoxy) is 1. The van der Waals surface area contributed by atoms with Crippen molar-refractivity contribution in [3.8, 4) is 11.8 Å². The zero-order valence-corrected chi connectivity index (χ0v) is 15.4. The van der Waals surface area contributed by atoms with Crippen molar-refractivity contribution in [3.05, 3.63) is 65.9 Å². The summed E-state index contributed by atoms with van der Waals surface area (Å²) < 4.78 is 5.51. The molecule has 0 fully saturated rings. The Balaban J connectivity index is 1.61. The molecular formula is C19H20N6O2.